The maximum Gasteiger partial charge on any atom is 0.222 e. The monoisotopic (exact) mass is 249 g/mol. The molecule has 0 aromatic heterocycles. The third-order valence-electron chi connectivity index (χ3n) is 2.66. The van der Waals surface area contributed by atoms with E-state index in [0.717, 1.165) is 0 Å². The van der Waals surface area contributed by atoms with E-state index in [-0.39, 0.29) is 5.91 Å². The molecule has 16 heavy (non-hydrogen) atoms. The molecule has 0 unspecified atom stereocenters. The van der Waals surface area contributed by atoms with Crippen LogP contribution in [0.3, 0.4) is 0 Å². The van der Waals surface area contributed by atoms with Crippen LogP contribution in [0.5, 0.6) is 0 Å². The lowest BCUT2D eigenvalue weighted by Gasteiger charge is -2.33. The molecule has 0 aromatic carbocycles. The summed E-state index contributed by atoms with van der Waals surface area (Å²) in [6.45, 7) is 2.27. The lowest BCUT2D eigenvalue weighted by Crippen LogP contribution is -2.50. The highest BCUT2D eigenvalue weighted by Crippen LogP contribution is 2.07. The number of rotatable bonds is 4. The van der Waals surface area contributed by atoms with Crippen LogP contribution in [0.15, 0.2) is 0 Å². The number of hydrogen-bond acceptors (Lipinski definition) is 4. The number of amides is 1. The summed E-state index contributed by atoms with van der Waals surface area (Å²) in [5, 5.41) is 0. The number of carbonyl (C=O) groups excluding carboxylic acids is 1. The van der Waals surface area contributed by atoms with Crippen molar-refractivity contribution in [2.24, 2.45) is 5.73 Å². The Morgan fingerprint density at radius 1 is 1.25 bits per heavy atom. The van der Waals surface area contributed by atoms with Crippen LogP contribution in [0.25, 0.3) is 0 Å². The molecule has 7 heteroatoms. The van der Waals surface area contributed by atoms with Crippen LogP contribution in [-0.2, 0) is 14.8 Å². The van der Waals surface area contributed by atoms with Crippen LogP contribution < -0.4 is 5.73 Å². The maximum absolute atomic E-state index is 11.6. The first-order valence-electron chi connectivity index (χ1n) is 5.38. The summed E-state index contributed by atoms with van der Waals surface area (Å²) in [7, 11) is -3.12. The van der Waals surface area contributed by atoms with Gasteiger partial charge in [0.2, 0.25) is 15.9 Å². The van der Waals surface area contributed by atoms with E-state index in [1.54, 1.807) is 4.90 Å². The lowest BCUT2D eigenvalue weighted by atomic mass is 10.2. The fourth-order valence-corrected chi connectivity index (χ4v) is 2.51. The summed E-state index contributed by atoms with van der Waals surface area (Å²) >= 11 is 0. The smallest absolute Gasteiger partial charge is 0.222 e. The van der Waals surface area contributed by atoms with E-state index in [0.29, 0.717) is 45.6 Å². The molecule has 0 saturated carbocycles. The van der Waals surface area contributed by atoms with Crippen LogP contribution in [0, 0.1) is 0 Å². The molecule has 6 nitrogen and oxygen atoms in total. The molecule has 0 bridgehead atoms. The minimum atomic E-state index is -3.12. The van der Waals surface area contributed by atoms with E-state index < -0.39 is 10.0 Å². The third kappa shape index (κ3) is 3.73. The molecule has 0 spiro atoms. The Bertz CT molecular complexity index is 334. The van der Waals surface area contributed by atoms with E-state index in [1.807, 2.05) is 0 Å². The van der Waals surface area contributed by atoms with Gasteiger partial charge < -0.3 is 10.6 Å². The van der Waals surface area contributed by atoms with E-state index in [4.69, 9.17) is 5.73 Å². The second kappa shape index (κ2) is 5.60. The predicted octanol–water partition coefficient (Wildman–Crippen LogP) is -1.17. The molecular formula is C9H19N3O3S. The Balaban J connectivity index is 2.40. The van der Waals surface area contributed by atoms with E-state index in [1.165, 1.54) is 10.6 Å². The summed E-state index contributed by atoms with van der Waals surface area (Å²) in [5.41, 5.74) is 5.33. The van der Waals surface area contributed by atoms with Crippen LogP contribution in [0.2, 0.25) is 0 Å². The van der Waals surface area contributed by atoms with Crippen molar-refractivity contribution < 1.29 is 13.2 Å². The van der Waals surface area contributed by atoms with Crippen molar-refractivity contribution in [3.63, 3.8) is 0 Å². The van der Waals surface area contributed by atoms with Crippen molar-refractivity contribution in [1.29, 1.82) is 0 Å². The number of piperazine rings is 1. The molecule has 2 N–H and O–H groups in total. The summed E-state index contributed by atoms with van der Waals surface area (Å²) in [6, 6.07) is 0. The van der Waals surface area contributed by atoms with Gasteiger partial charge in [0, 0.05) is 32.6 Å². The Kier molecular flexibility index (Phi) is 4.69. The van der Waals surface area contributed by atoms with Crippen molar-refractivity contribution in [2.45, 2.75) is 12.8 Å². The molecule has 94 valence electrons. The number of nitrogens with zero attached hydrogens (tertiary/aromatic N) is 2. The van der Waals surface area contributed by atoms with Gasteiger partial charge in [-0.2, -0.15) is 4.31 Å². The lowest BCUT2D eigenvalue weighted by molar-refractivity contribution is -0.132. The Morgan fingerprint density at radius 2 is 1.81 bits per heavy atom. The van der Waals surface area contributed by atoms with Gasteiger partial charge in [0.15, 0.2) is 0 Å². The number of carbonyl (C=O) groups is 1. The highest BCUT2D eigenvalue weighted by atomic mass is 32.2. The normalized spacial score (nSPS) is 18.8. The summed E-state index contributed by atoms with van der Waals surface area (Å²) in [4.78, 5) is 13.3. The molecule has 1 fully saturated rings. The fourth-order valence-electron chi connectivity index (χ4n) is 1.68. The van der Waals surface area contributed by atoms with Gasteiger partial charge in [-0.3, -0.25) is 4.79 Å². The standard InChI is InChI=1S/C9H19N3O3S/c1-16(14,15)12-7-5-11(6-8-12)9(13)3-2-4-10/h2-8,10H2,1H3. The van der Waals surface area contributed by atoms with Gasteiger partial charge in [0.05, 0.1) is 6.26 Å². The van der Waals surface area contributed by atoms with Gasteiger partial charge in [-0.05, 0) is 13.0 Å². The first-order chi connectivity index (χ1) is 7.45. The first-order valence-corrected chi connectivity index (χ1v) is 7.23. The van der Waals surface area contributed by atoms with Crippen LogP contribution in [0.1, 0.15) is 12.8 Å². The molecule has 0 aromatic rings. The molecule has 1 heterocycles. The summed E-state index contributed by atoms with van der Waals surface area (Å²) < 4.78 is 23.9. The molecule has 0 atom stereocenters. The minimum Gasteiger partial charge on any atom is -0.340 e. The summed E-state index contributed by atoms with van der Waals surface area (Å²) in [6.07, 6.45) is 2.33. The first kappa shape index (κ1) is 13.4. The average molecular weight is 249 g/mol. The Labute approximate surface area is 96.4 Å². The van der Waals surface area contributed by atoms with Gasteiger partial charge >= 0.3 is 0 Å². The highest BCUT2D eigenvalue weighted by molar-refractivity contribution is 7.88. The molecule has 1 aliphatic heterocycles. The van der Waals surface area contributed by atoms with Gasteiger partial charge in [0.1, 0.15) is 0 Å². The quantitative estimate of drug-likeness (QED) is 0.680. The Hall–Kier alpha value is -0.660. The number of sulfonamides is 1. The Morgan fingerprint density at radius 3 is 2.25 bits per heavy atom. The number of hydrogen-bond donors (Lipinski definition) is 1. The van der Waals surface area contributed by atoms with Crippen molar-refractivity contribution in [2.75, 3.05) is 39.0 Å². The van der Waals surface area contributed by atoms with Gasteiger partial charge in [0.25, 0.3) is 0 Å². The second-order valence-electron chi connectivity index (χ2n) is 3.94. The summed E-state index contributed by atoms with van der Waals surface area (Å²) in [5.74, 6) is 0.0681. The molecule has 0 aliphatic carbocycles. The third-order valence-corrected chi connectivity index (χ3v) is 3.96. The highest BCUT2D eigenvalue weighted by Gasteiger charge is 2.25. The molecule has 0 radical (unpaired) electrons. The van der Waals surface area contributed by atoms with E-state index in [2.05, 4.69) is 0 Å². The zero-order valence-electron chi connectivity index (χ0n) is 9.55. The molecular weight excluding hydrogens is 230 g/mol. The topological polar surface area (TPSA) is 83.7 Å². The van der Waals surface area contributed by atoms with E-state index >= 15 is 0 Å². The average Bonchev–Trinajstić information content (AvgIpc) is 2.25. The van der Waals surface area contributed by atoms with Crippen molar-refractivity contribution in [3.05, 3.63) is 0 Å². The molecule has 1 rings (SSSR count). The van der Waals surface area contributed by atoms with E-state index in [9.17, 15) is 13.2 Å². The van der Waals surface area contributed by atoms with Gasteiger partial charge in [-0.15, -0.1) is 0 Å². The zero-order chi connectivity index (χ0) is 12.2. The molecule has 1 saturated heterocycles. The fraction of sp³-hybridized carbons (Fsp3) is 0.889. The minimum absolute atomic E-state index is 0.0681. The van der Waals surface area contributed by atoms with Crippen molar-refractivity contribution >= 4 is 15.9 Å². The SMILES string of the molecule is CS(=O)(=O)N1CCN(C(=O)CCCN)CC1. The molecule has 1 aliphatic rings. The van der Waals surface area contributed by atoms with Crippen LogP contribution in [-0.4, -0.2) is 62.5 Å². The largest absolute Gasteiger partial charge is 0.340 e. The predicted molar refractivity (Wildman–Crippen MR) is 61.3 cm³/mol. The number of nitrogens with two attached hydrogens (primary N) is 1. The van der Waals surface area contributed by atoms with Crippen molar-refractivity contribution in [1.82, 2.24) is 9.21 Å². The zero-order valence-corrected chi connectivity index (χ0v) is 10.4. The van der Waals surface area contributed by atoms with Gasteiger partial charge in [-0.25, -0.2) is 8.42 Å². The maximum atomic E-state index is 11.6. The van der Waals surface area contributed by atoms with Crippen LogP contribution >= 0.6 is 0 Å². The molecule has 1 amide bonds. The van der Waals surface area contributed by atoms with Crippen LogP contribution in [0.4, 0.5) is 0 Å². The van der Waals surface area contributed by atoms with Gasteiger partial charge in [-0.1, -0.05) is 0 Å². The second-order valence-corrected chi connectivity index (χ2v) is 5.92. The van der Waals surface area contributed by atoms with Crippen molar-refractivity contribution in [3.8, 4) is 0 Å².